The van der Waals surface area contributed by atoms with Gasteiger partial charge in [-0.05, 0) is 77.0 Å². The number of amides is 8. The molecular weight excluding hydrogens is 1550 g/mol. The first-order valence-corrected chi connectivity index (χ1v) is 43.7. The first kappa shape index (κ1) is 103. The van der Waals surface area contributed by atoms with Crippen LogP contribution in [0.2, 0.25) is 0 Å². The van der Waals surface area contributed by atoms with Crippen molar-refractivity contribution in [1.82, 2.24) is 42.1 Å². The lowest BCUT2D eigenvalue weighted by molar-refractivity contribution is -0.282. The van der Waals surface area contributed by atoms with E-state index in [0.717, 1.165) is 38.5 Å². The summed E-state index contributed by atoms with van der Waals surface area (Å²) in [5.74, 6) is -3.70. The third-order valence-electron chi connectivity index (χ3n) is 20.8. The molecule has 0 aromatic heterocycles. The highest BCUT2D eigenvalue weighted by molar-refractivity contribution is 7.52. The molecule has 0 radical (unpaired) electrons. The van der Waals surface area contributed by atoms with E-state index < -0.39 is 137 Å². The molecule has 674 valence electrons. The van der Waals surface area contributed by atoms with Gasteiger partial charge in [0.05, 0.1) is 96.5 Å². The number of β-amino-alcohol motifs (C(OH)–C–C–N with tert-alkyl or cyclic N) is 1. The lowest BCUT2D eigenvalue weighted by Crippen LogP contribution is -2.58. The van der Waals surface area contributed by atoms with E-state index in [4.69, 9.17) is 51.7 Å². The molecule has 4 rings (SSSR count). The number of aliphatic hydroxyl groups excluding tert-OH is 10. The van der Waals surface area contributed by atoms with Crippen molar-refractivity contribution in [3.63, 3.8) is 0 Å². The van der Waals surface area contributed by atoms with Crippen LogP contribution in [0.15, 0.2) is 0 Å². The number of likely N-dealkylation sites (tertiary alicyclic amines) is 1. The van der Waals surface area contributed by atoms with E-state index in [9.17, 15) is 94.0 Å². The topological polar surface area (TPSA) is 545 Å². The molecule has 0 bridgehead atoms. The van der Waals surface area contributed by atoms with Crippen LogP contribution in [0.3, 0.4) is 0 Å². The summed E-state index contributed by atoms with van der Waals surface area (Å²) in [6.07, 6.45) is -1.58. The Labute approximate surface area is 682 Å². The van der Waals surface area contributed by atoms with Crippen LogP contribution in [-0.2, 0) is 94.6 Å². The van der Waals surface area contributed by atoms with Gasteiger partial charge < -0.3 is 145 Å². The second-order valence-corrected chi connectivity index (χ2v) is 32.9. The van der Waals surface area contributed by atoms with Crippen molar-refractivity contribution in [2.24, 2.45) is 17.8 Å². The Morgan fingerprint density at radius 3 is 1.03 bits per heavy atom. The van der Waals surface area contributed by atoms with Crippen LogP contribution in [0.25, 0.3) is 0 Å². The molecule has 0 saturated carbocycles. The lowest BCUT2D eigenvalue weighted by atomic mass is 9.92. The first-order chi connectivity index (χ1) is 55.6. The van der Waals surface area contributed by atoms with Gasteiger partial charge >= 0.3 is 7.60 Å². The number of carbonyl (C=O) groups is 8. The molecule has 0 aromatic carbocycles. The molecule has 4 saturated heterocycles. The van der Waals surface area contributed by atoms with Gasteiger partial charge in [-0.1, -0.05) is 59.3 Å². The summed E-state index contributed by atoms with van der Waals surface area (Å²) in [5, 5.41) is 120. The predicted molar refractivity (Wildman–Crippen MR) is 418 cm³/mol. The summed E-state index contributed by atoms with van der Waals surface area (Å²) >= 11 is 0. The van der Waals surface area contributed by atoms with Crippen LogP contribution >= 0.6 is 7.60 Å². The average Bonchev–Trinajstić information content (AvgIpc) is 1.41. The van der Waals surface area contributed by atoms with Gasteiger partial charge in [0.25, 0.3) is 0 Å². The maximum Gasteiger partial charge on any atom is 0.327 e. The summed E-state index contributed by atoms with van der Waals surface area (Å²) in [5.41, 5.74) is -1.41. The Hall–Kier alpha value is -4.85. The summed E-state index contributed by atoms with van der Waals surface area (Å²) in [7, 11) is -1.97. The van der Waals surface area contributed by atoms with Crippen molar-refractivity contribution >= 4 is 54.9 Å². The maximum absolute atomic E-state index is 14.0. The summed E-state index contributed by atoms with van der Waals surface area (Å²) < 4.78 is 75.0. The Balaban J connectivity index is 1.28. The van der Waals surface area contributed by atoms with E-state index in [1.165, 1.54) is 13.8 Å². The molecule has 38 nitrogen and oxygen atoms in total. The minimum absolute atomic E-state index is 0.000970. The molecule has 4 fully saturated rings. The molecular formula is C77H141N8O30P. The number of carbonyl (C=O) groups excluding carboxylic acids is 8. The molecule has 4 aliphatic heterocycles. The van der Waals surface area contributed by atoms with Gasteiger partial charge in [0.2, 0.25) is 47.3 Å². The monoisotopic (exact) mass is 1690 g/mol. The number of unbranched alkanes of at least 4 members (excludes halogenated alkanes) is 10. The zero-order chi connectivity index (χ0) is 85.3. The number of hydrogen-bond donors (Lipinski definition) is 17. The van der Waals surface area contributed by atoms with Gasteiger partial charge in [-0.2, -0.15) is 0 Å². The quantitative estimate of drug-likeness (QED) is 0.0258. The molecule has 0 aromatic rings. The van der Waals surface area contributed by atoms with Crippen molar-refractivity contribution in [3.8, 4) is 0 Å². The average molecular weight is 1690 g/mol. The van der Waals surface area contributed by atoms with Gasteiger partial charge in [-0.25, -0.2) is 0 Å². The molecule has 4 aliphatic rings. The normalized spacial score (nSPS) is 26.5. The van der Waals surface area contributed by atoms with Gasteiger partial charge in [0.15, 0.2) is 18.9 Å². The van der Waals surface area contributed by atoms with Crippen LogP contribution < -0.4 is 37.2 Å². The van der Waals surface area contributed by atoms with Crippen molar-refractivity contribution < 1.29 is 146 Å². The number of nitrogens with one attached hydrogen (secondary N) is 7. The molecule has 39 heteroatoms. The zero-order valence-corrected chi connectivity index (χ0v) is 69.8. The molecule has 18 atom stereocenters. The Morgan fingerprint density at radius 1 is 0.405 bits per heavy atom. The highest BCUT2D eigenvalue weighted by Crippen LogP contribution is 2.43. The van der Waals surface area contributed by atoms with Crippen molar-refractivity contribution in [2.75, 3.05) is 145 Å². The number of ether oxygens (including phenoxy) is 9. The van der Waals surface area contributed by atoms with Gasteiger partial charge in [0.1, 0.15) is 42.2 Å². The van der Waals surface area contributed by atoms with Crippen LogP contribution in [-0.4, -0.2) is 340 Å². The molecule has 0 spiro atoms. The Morgan fingerprint density at radius 2 is 0.707 bits per heavy atom. The van der Waals surface area contributed by atoms with E-state index in [1.807, 2.05) is 0 Å². The standard InChI is InChI=1S/C77H141N8O30P/c1-52-68(98)71(101)57(45-86)113-74(52)109-37-17-14-23-60(90)78-31-20-34-81-63(93)28-40-106-49-77(84-66(96)26-12-10-8-6-7-9-11-13-27-67(97)85-44-56(89)43-55(85)48-112-116(5,104)105-4,50-107-41-29-64(94)82-35-21-32-79-61(91)24-15-18-38-110-75-53(2)69(99)72(102)58(46-87)114-75)51-108-42-30-65(95)83-36-22-33-80-62(92)25-16-19-39-111-76-54(3)70(100)73(103)59(47-88)115-76/h52-59,68-76,86-89,98-103H,6-51H2,1-5H3,(H,78,90)(H,79,91)(H,80,92)(H,81,93)(H,82,94)(H,83,95)(H,84,96)/t52?,53?,54?,55-,56+,57?,58?,59?,68?,69?,70?,71?,72?,73?,74?,75?,76?,77?,116?/m0/s1. The summed E-state index contributed by atoms with van der Waals surface area (Å²) in [6.45, 7) is 6.36. The SMILES string of the molecule is COP(C)(=O)OC[C@@H]1C[C@@H](O)CN1C(=O)CCCCCCCCCCC(=O)NC(COCCC(=O)NCCCNC(=O)CCCCOC1OC(CO)C(O)C(O)C1C)(COCCC(=O)NCCCNC(=O)CCCCOC1OC(CO)C(O)C(O)C1C)COCCC(=O)NCCCNC(=O)CCCCOC1OC(CO)C(O)C(O)C1C. The van der Waals surface area contributed by atoms with E-state index >= 15 is 0 Å². The van der Waals surface area contributed by atoms with Gasteiger partial charge in [-0.15, -0.1) is 0 Å². The first-order valence-electron chi connectivity index (χ1n) is 41.7. The Kier molecular flexibility index (Phi) is 52.6. The second kappa shape index (κ2) is 59.0. The minimum Gasteiger partial charge on any atom is -0.394 e. The lowest BCUT2D eigenvalue weighted by Gasteiger charge is -2.40. The number of hydrogen-bond acceptors (Lipinski definition) is 30. The largest absolute Gasteiger partial charge is 0.394 e. The molecule has 116 heavy (non-hydrogen) atoms. The van der Waals surface area contributed by atoms with E-state index in [0.29, 0.717) is 83.5 Å². The fourth-order valence-corrected chi connectivity index (χ4v) is 14.0. The molecule has 4 heterocycles. The van der Waals surface area contributed by atoms with Crippen molar-refractivity contribution in [3.05, 3.63) is 0 Å². The van der Waals surface area contributed by atoms with Gasteiger partial charge in [-0.3, -0.25) is 42.9 Å². The van der Waals surface area contributed by atoms with Crippen molar-refractivity contribution in [1.29, 1.82) is 0 Å². The second-order valence-electron chi connectivity index (χ2n) is 30.7. The highest BCUT2D eigenvalue weighted by atomic mass is 31.2. The molecule has 0 aliphatic carbocycles. The van der Waals surface area contributed by atoms with E-state index in [2.05, 4.69) is 37.2 Å². The number of nitrogens with zero attached hydrogens (tertiary/aromatic N) is 1. The smallest absolute Gasteiger partial charge is 0.327 e. The number of rotatable bonds is 64. The Bertz CT molecular complexity index is 2620. The fraction of sp³-hybridized carbons (Fsp3) is 0.896. The fourth-order valence-electron chi connectivity index (χ4n) is 13.4. The summed E-state index contributed by atoms with van der Waals surface area (Å²) in [6, 6.07) is -0.398. The van der Waals surface area contributed by atoms with E-state index in [-0.39, 0.29) is 204 Å². The highest BCUT2D eigenvalue weighted by Gasteiger charge is 2.45. The van der Waals surface area contributed by atoms with Crippen LogP contribution in [0.1, 0.15) is 188 Å². The predicted octanol–water partition coefficient (Wildman–Crippen LogP) is -0.936. The van der Waals surface area contributed by atoms with Crippen LogP contribution in [0, 0.1) is 17.8 Å². The third kappa shape index (κ3) is 41.1. The van der Waals surface area contributed by atoms with E-state index in [1.54, 1.807) is 25.7 Å². The maximum atomic E-state index is 14.0. The minimum atomic E-state index is -3.26. The molecule has 17 N–H and O–H groups in total. The van der Waals surface area contributed by atoms with Crippen LogP contribution in [0.4, 0.5) is 0 Å². The van der Waals surface area contributed by atoms with Crippen molar-refractivity contribution in [2.45, 2.75) is 279 Å². The van der Waals surface area contributed by atoms with Crippen LogP contribution in [0.5, 0.6) is 0 Å². The summed E-state index contributed by atoms with van der Waals surface area (Å²) in [4.78, 5) is 106. The van der Waals surface area contributed by atoms with Gasteiger partial charge in [0, 0.05) is 149 Å². The number of aliphatic hydroxyl groups is 10. The molecule has 8 amide bonds. The molecule has 16 unspecified atom stereocenters. The third-order valence-corrected chi connectivity index (χ3v) is 22.1. The zero-order valence-electron chi connectivity index (χ0n) is 68.9.